The van der Waals surface area contributed by atoms with Crippen LogP contribution in [-0.4, -0.2) is 45.8 Å². The minimum absolute atomic E-state index is 0.0252. The third-order valence-electron chi connectivity index (χ3n) is 4.53. The summed E-state index contributed by atoms with van der Waals surface area (Å²) >= 11 is 0. The summed E-state index contributed by atoms with van der Waals surface area (Å²) in [6.45, 7) is 0.233. The zero-order valence-corrected chi connectivity index (χ0v) is 17.7. The van der Waals surface area contributed by atoms with E-state index >= 15 is 0 Å². The second-order valence-corrected chi connectivity index (χ2v) is 10.3. The number of amidine groups is 1. The van der Waals surface area contributed by atoms with Crippen molar-refractivity contribution in [2.24, 2.45) is 4.40 Å². The lowest BCUT2D eigenvalue weighted by molar-refractivity contribution is -0.112. The molecule has 3 heterocycles. The molecule has 0 radical (unpaired) electrons. The topological polar surface area (TPSA) is 138 Å². The highest BCUT2D eigenvalue weighted by molar-refractivity contribution is 7.90. The predicted octanol–water partition coefficient (Wildman–Crippen LogP) is 1.19. The highest BCUT2D eigenvalue weighted by atomic mass is 32.2. The molecule has 2 aromatic rings. The molecule has 1 aromatic heterocycles. The van der Waals surface area contributed by atoms with Crippen LogP contribution < -0.4 is 10.0 Å². The highest BCUT2D eigenvalue weighted by Gasteiger charge is 2.25. The maximum absolute atomic E-state index is 12.5. The minimum Gasteiger partial charge on any atom is -0.468 e. The van der Waals surface area contributed by atoms with Crippen molar-refractivity contribution in [3.05, 3.63) is 72.3 Å². The van der Waals surface area contributed by atoms with Gasteiger partial charge < -0.3 is 14.6 Å². The standard InChI is InChI=1S/C19H18N4O6S2/c24-19(14-3-8-18-22-30(25,26)11-9-23(18)13-14)21-15-4-6-17(7-5-15)31(27,28)20-12-16-2-1-10-29-16/h1-8,10,13,20H,9,11-12H2,(H,21,24). The minimum atomic E-state index is -3.74. The molecule has 1 aromatic carbocycles. The molecule has 2 aliphatic rings. The highest BCUT2D eigenvalue weighted by Crippen LogP contribution is 2.19. The van der Waals surface area contributed by atoms with Gasteiger partial charge in [-0.25, -0.2) is 21.6 Å². The monoisotopic (exact) mass is 462 g/mol. The first kappa shape index (κ1) is 21.0. The molecule has 12 heteroatoms. The molecule has 0 bridgehead atoms. The Labute approximate surface area is 179 Å². The number of hydrogen-bond donors (Lipinski definition) is 2. The van der Waals surface area contributed by atoms with Crippen LogP contribution in [0.15, 0.2) is 80.3 Å². The molecule has 1 amide bonds. The lowest BCUT2D eigenvalue weighted by atomic mass is 10.1. The van der Waals surface area contributed by atoms with Crippen LogP contribution >= 0.6 is 0 Å². The van der Waals surface area contributed by atoms with Crippen molar-refractivity contribution in [3.8, 4) is 0 Å². The Kier molecular flexibility index (Phi) is 5.52. The Hall–Kier alpha value is -3.22. The summed E-state index contributed by atoms with van der Waals surface area (Å²) in [6, 6.07) is 9.04. The number of anilines is 1. The number of nitrogens with one attached hydrogen (secondary N) is 2. The fraction of sp³-hybridized carbons (Fsp3) is 0.158. The van der Waals surface area contributed by atoms with E-state index in [-0.39, 0.29) is 29.6 Å². The number of fused-ring (bicyclic) bond motifs is 1. The molecule has 0 saturated heterocycles. The number of carbonyl (C=O) groups is 1. The Balaban J connectivity index is 1.41. The molecule has 31 heavy (non-hydrogen) atoms. The van der Waals surface area contributed by atoms with Crippen molar-refractivity contribution >= 4 is 37.5 Å². The second kappa shape index (κ2) is 8.13. The molecule has 4 rings (SSSR count). The summed E-state index contributed by atoms with van der Waals surface area (Å²) in [5.74, 6) is 0.204. The van der Waals surface area contributed by atoms with Crippen LogP contribution in [0.3, 0.4) is 0 Å². The van der Waals surface area contributed by atoms with Crippen LogP contribution in [0.1, 0.15) is 5.76 Å². The van der Waals surface area contributed by atoms with E-state index in [1.165, 1.54) is 48.9 Å². The SMILES string of the molecule is O=C(Nc1ccc(S(=O)(=O)NCc2ccco2)cc1)C1=CN2CCS(=O)(=O)N=C2C=C1. The molecular formula is C19H18N4O6S2. The quantitative estimate of drug-likeness (QED) is 0.658. The summed E-state index contributed by atoms with van der Waals surface area (Å²) < 4.78 is 59.1. The van der Waals surface area contributed by atoms with Crippen LogP contribution in [0.5, 0.6) is 0 Å². The number of furan rings is 1. The van der Waals surface area contributed by atoms with Crippen LogP contribution in [0.25, 0.3) is 0 Å². The van der Waals surface area contributed by atoms with E-state index in [2.05, 4.69) is 14.4 Å². The summed E-state index contributed by atoms with van der Waals surface area (Å²) in [5, 5.41) is 2.68. The van der Waals surface area contributed by atoms with Crippen LogP contribution in [0.4, 0.5) is 5.69 Å². The Morgan fingerprint density at radius 3 is 2.65 bits per heavy atom. The predicted molar refractivity (Wildman–Crippen MR) is 113 cm³/mol. The number of rotatable bonds is 6. The van der Waals surface area contributed by atoms with Crippen LogP contribution in [0.2, 0.25) is 0 Å². The van der Waals surface area contributed by atoms with Crippen molar-refractivity contribution in [2.45, 2.75) is 11.4 Å². The molecule has 0 fully saturated rings. The smallest absolute Gasteiger partial charge is 0.257 e. The van der Waals surface area contributed by atoms with E-state index in [4.69, 9.17) is 4.42 Å². The van der Waals surface area contributed by atoms with E-state index in [0.717, 1.165) is 0 Å². The van der Waals surface area contributed by atoms with Gasteiger partial charge in [0, 0.05) is 18.4 Å². The van der Waals surface area contributed by atoms with Crippen molar-refractivity contribution in [3.63, 3.8) is 0 Å². The van der Waals surface area contributed by atoms with Gasteiger partial charge in [0.2, 0.25) is 10.0 Å². The van der Waals surface area contributed by atoms with Gasteiger partial charge in [-0.1, -0.05) is 0 Å². The fourth-order valence-corrected chi connectivity index (χ4v) is 4.88. The maximum atomic E-state index is 12.5. The first-order valence-electron chi connectivity index (χ1n) is 9.14. The molecule has 0 aliphatic carbocycles. The lowest BCUT2D eigenvalue weighted by Gasteiger charge is -2.26. The first-order valence-corrected chi connectivity index (χ1v) is 12.2. The molecule has 0 unspecified atom stereocenters. The largest absolute Gasteiger partial charge is 0.468 e. The van der Waals surface area contributed by atoms with Crippen LogP contribution in [-0.2, 0) is 31.4 Å². The van der Waals surface area contributed by atoms with Crippen LogP contribution in [0, 0.1) is 0 Å². The van der Waals surface area contributed by atoms with Gasteiger partial charge in [-0.2, -0.15) is 0 Å². The van der Waals surface area contributed by atoms with E-state index in [9.17, 15) is 21.6 Å². The van der Waals surface area contributed by atoms with Gasteiger partial charge in [0.25, 0.3) is 15.9 Å². The molecule has 0 spiro atoms. The first-order chi connectivity index (χ1) is 14.7. The van der Waals surface area contributed by atoms with Crippen molar-refractivity contribution in [1.29, 1.82) is 0 Å². The summed E-state index contributed by atoms with van der Waals surface area (Å²) in [6.07, 6.45) is 5.92. The Morgan fingerprint density at radius 2 is 1.94 bits per heavy atom. The second-order valence-electron chi connectivity index (χ2n) is 6.73. The number of carbonyl (C=O) groups excluding carboxylic acids is 1. The molecular weight excluding hydrogens is 444 g/mol. The normalized spacial score (nSPS) is 17.5. The van der Waals surface area contributed by atoms with Crippen molar-refractivity contribution < 1.29 is 26.0 Å². The Morgan fingerprint density at radius 1 is 1.16 bits per heavy atom. The summed E-state index contributed by atoms with van der Waals surface area (Å²) in [4.78, 5) is 14.2. The molecule has 162 valence electrons. The number of benzene rings is 1. The average Bonchev–Trinajstić information content (AvgIpc) is 3.25. The van der Waals surface area contributed by atoms with E-state index < -0.39 is 26.0 Å². The summed E-state index contributed by atoms with van der Waals surface area (Å²) in [5.41, 5.74) is 0.722. The molecule has 2 aliphatic heterocycles. The van der Waals surface area contributed by atoms with Crippen molar-refractivity contribution in [1.82, 2.24) is 9.62 Å². The molecule has 0 atom stereocenters. The van der Waals surface area contributed by atoms with Gasteiger partial charge in [0.1, 0.15) is 11.6 Å². The van der Waals surface area contributed by atoms with Gasteiger partial charge in [0.15, 0.2) is 0 Å². The number of sulfonamides is 2. The van der Waals surface area contributed by atoms with Gasteiger partial charge in [-0.15, -0.1) is 4.40 Å². The van der Waals surface area contributed by atoms with E-state index in [1.807, 2.05) is 0 Å². The Bertz CT molecular complexity index is 1290. The van der Waals surface area contributed by atoms with E-state index in [1.54, 1.807) is 17.0 Å². The summed E-state index contributed by atoms with van der Waals surface area (Å²) in [7, 11) is -7.21. The zero-order valence-electron chi connectivity index (χ0n) is 16.1. The third kappa shape index (κ3) is 4.93. The third-order valence-corrected chi connectivity index (χ3v) is 7.11. The lowest BCUT2D eigenvalue weighted by Crippen LogP contribution is -2.37. The number of amides is 1. The molecule has 10 nitrogen and oxygen atoms in total. The zero-order chi connectivity index (χ0) is 22.1. The fourth-order valence-electron chi connectivity index (χ4n) is 2.92. The molecule has 2 N–H and O–H groups in total. The van der Waals surface area contributed by atoms with E-state index in [0.29, 0.717) is 17.0 Å². The molecule has 0 saturated carbocycles. The number of hydrogen-bond acceptors (Lipinski definition) is 7. The van der Waals surface area contributed by atoms with Gasteiger partial charge in [0.05, 0.1) is 29.0 Å². The van der Waals surface area contributed by atoms with Gasteiger partial charge in [-0.05, 0) is 48.6 Å². The van der Waals surface area contributed by atoms with Crippen molar-refractivity contribution in [2.75, 3.05) is 17.6 Å². The van der Waals surface area contributed by atoms with Gasteiger partial charge >= 0.3 is 0 Å². The van der Waals surface area contributed by atoms with Gasteiger partial charge in [-0.3, -0.25) is 4.79 Å². The maximum Gasteiger partial charge on any atom is 0.257 e. The number of nitrogens with zero attached hydrogens (tertiary/aromatic N) is 2. The average molecular weight is 463 g/mol.